The highest BCUT2D eigenvalue weighted by molar-refractivity contribution is 7.86. The Morgan fingerprint density at radius 1 is 0.680 bits per heavy atom. The van der Waals surface area contributed by atoms with E-state index in [1.54, 1.807) is 0 Å². The van der Waals surface area contributed by atoms with Crippen molar-refractivity contribution in [3.63, 3.8) is 0 Å². The first-order valence-corrected chi connectivity index (χ1v) is 12.3. The van der Waals surface area contributed by atoms with Crippen molar-refractivity contribution in [1.29, 1.82) is 0 Å². The lowest BCUT2D eigenvalue weighted by molar-refractivity contribution is -0.0782. The third-order valence-electron chi connectivity index (χ3n) is 4.42. The summed E-state index contributed by atoms with van der Waals surface area (Å²) in [5, 5.41) is 0. The second kappa shape index (κ2) is 17.3. The molecule has 25 heavy (non-hydrogen) atoms. The van der Waals surface area contributed by atoms with Gasteiger partial charge in [0.15, 0.2) is 6.29 Å². The molecule has 0 N–H and O–H groups in total. The van der Waals surface area contributed by atoms with E-state index in [0.717, 1.165) is 19.1 Å². The van der Waals surface area contributed by atoms with Crippen molar-refractivity contribution in [2.24, 2.45) is 0 Å². The van der Waals surface area contributed by atoms with E-state index in [-0.39, 0.29) is 0 Å². The van der Waals surface area contributed by atoms with E-state index in [0.29, 0.717) is 13.0 Å². The zero-order chi connectivity index (χ0) is 18.8. The van der Waals surface area contributed by atoms with E-state index in [1.165, 1.54) is 77.0 Å². The maximum atomic E-state index is 11.1. The Morgan fingerprint density at radius 2 is 1.08 bits per heavy atom. The molecule has 0 aliphatic carbocycles. The first kappa shape index (κ1) is 24.9. The average Bonchev–Trinajstić information content (AvgIpc) is 2.56. The van der Waals surface area contributed by atoms with Crippen LogP contribution in [0.4, 0.5) is 0 Å². The molecule has 1 unspecified atom stereocenters. The van der Waals surface area contributed by atoms with Gasteiger partial charge >= 0.3 is 0 Å². The van der Waals surface area contributed by atoms with Crippen LogP contribution in [-0.4, -0.2) is 27.6 Å². The molecule has 1 atom stereocenters. The van der Waals surface area contributed by atoms with E-state index in [2.05, 4.69) is 6.92 Å². The van der Waals surface area contributed by atoms with Crippen molar-refractivity contribution >= 4 is 10.1 Å². The van der Waals surface area contributed by atoms with Gasteiger partial charge in [-0.3, -0.25) is 0 Å². The molecule has 0 rings (SSSR count). The van der Waals surface area contributed by atoms with Crippen molar-refractivity contribution < 1.29 is 17.3 Å². The molecule has 0 aromatic carbocycles. The number of unbranched alkanes of at least 4 members (excludes halogenated alkanes) is 13. The Morgan fingerprint density at radius 3 is 1.44 bits per heavy atom. The standard InChI is InChI=1S/C20H42O4S/c1-4-6-7-8-9-10-11-12-13-14-15-16-17-18-19-23-20(5-2)24-25(3,21)22/h20H,4-19H2,1-3H3. The summed E-state index contributed by atoms with van der Waals surface area (Å²) >= 11 is 0. The lowest BCUT2D eigenvalue weighted by Crippen LogP contribution is -2.20. The third-order valence-corrected chi connectivity index (χ3v) is 4.98. The van der Waals surface area contributed by atoms with Crippen molar-refractivity contribution in [3.8, 4) is 0 Å². The van der Waals surface area contributed by atoms with Crippen molar-refractivity contribution in [2.45, 2.75) is 116 Å². The molecule has 0 saturated carbocycles. The maximum absolute atomic E-state index is 11.1. The molecule has 0 aliphatic heterocycles. The summed E-state index contributed by atoms with van der Waals surface area (Å²) < 4.78 is 32.4. The quantitative estimate of drug-likeness (QED) is 0.153. The van der Waals surface area contributed by atoms with Crippen LogP contribution in [0.1, 0.15) is 110 Å². The van der Waals surface area contributed by atoms with Crippen LogP contribution in [0.15, 0.2) is 0 Å². The Hall–Kier alpha value is -0.130. The summed E-state index contributed by atoms with van der Waals surface area (Å²) in [6.45, 7) is 4.70. The van der Waals surface area contributed by atoms with E-state index < -0.39 is 16.4 Å². The number of hydrogen-bond donors (Lipinski definition) is 0. The highest BCUT2D eigenvalue weighted by atomic mass is 32.2. The molecular formula is C20H42O4S. The molecule has 0 bridgehead atoms. The summed E-state index contributed by atoms with van der Waals surface area (Å²) in [6.07, 6.45) is 19.5. The molecule has 0 aromatic heterocycles. The summed E-state index contributed by atoms with van der Waals surface area (Å²) in [5.74, 6) is 0. The van der Waals surface area contributed by atoms with Gasteiger partial charge in [0.05, 0.1) is 6.26 Å². The van der Waals surface area contributed by atoms with Gasteiger partial charge in [0.25, 0.3) is 10.1 Å². The Balaban J connectivity index is 3.26. The van der Waals surface area contributed by atoms with Crippen LogP contribution in [0.3, 0.4) is 0 Å². The zero-order valence-corrected chi connectivity index (χ0v) is 17.7. The minimum atomic E-state index is -3.43. The normalized spacial score (nSPS) is 13.2. The predicted molar refractivity (Wildman–Crippen MR) is 106 cm³/mol. The van der Waals surface area contributed by atoms with Crippen molar-refractivity contribution in [3.05, 3.63) is 0 Å². The predicted octanol–water partition coefficient (Wildman–Crippen LogP) is 6.20. The first-order chi connectivity index (χ1) is 12.0. The van der Waals surface area contributed by atoms with Gasteiger partial charge in [-0.05, 0) is 12.8 Å². The van der Waals surface area contributed by atoms with Crippen LogP contribution in [0, 0.1) is 0 Å². The monoisotopic (exact) mass is 378 g/mol. The van der Waals surface area contributed by atoms with E-state index in [4.69, 9.17) is 8.92 Å². The second-order valence-electron chi connectivity index (χ2n) is 7.11. The molecule has 4 nitrogen and oxygen atoms in total. The fraction of sp³-hybridized carbons (Fsp3) is 1.00. The lowest BCUT2D eigenvalue weighted by Gasteiger charge is -2.14. The summed E-state index contributed by atoms with van der Waals surface area (Å²) in [6, 6.07) is 0. The van der Waals surface area contributed by atoms with Gasteiger partial charge in [-0.15, -0.1) is 0 Å². The van der Waals surface area contributed by atoms with Crippen molar-refractivity contribution in [1.82, 2.24) is 0 Å². The SMILES string of the molecule is CCCCCCCCCCCCCCCCOC(CC)OS(C)(=O)=O. The highest BCUT2D eigenvalue weighted by Crippen LogP contribution is 2.13. The van der Waals surface area contributed by atoms with Crippen molar-refractivity contribution in [2.75, 3.05) is 12.9 Å². The van der Waals surface area contributed by atoms with Gasteiger partial charge in [-0.25, -0.2) is 4.18 Å². The van der Waals surface area contributed by atoms with Gasteiger partial charge in [0.2, 0.25) is 0 Å². The van der Waals surface area contributed by atoms with Gasteiger partial charge in [-0.1, -0.05) is 97.3 Å². The molecule has 0 amide bonds. The van der Waals surface area contributed by atoms with E-state index in [1.807, 2.05) is 6.92 Å². The summed E-state index contributed by atoms with van der Waals surface area (Å²) in [7, 11) is -3.43. The molecule has 0 saturated heterocycles. The molecule has 0 fully saturated rings. The zero-order valence-electron chi connectivity index (χ0n) is 16.9. The summed E-state index contributed by atoms with van der Waals surface area (Å²) in [4.78, 5) is 0. The minimum Gasteiger partial charge on any atom is -0.351 e. The maximum Gasteiger partial charge on any atom is 0.266 e. The van der Waals surface area contributed by atoms with E-state index >= 15 is 0 Å². The topological polar surface area (TPSA) is 52.6 Å². The van der Waals surface area contributed by atoms with E-state index in [9.17, 15) is 8.42 Å². The van der Waals surface area contributed by atoms with Crippen LogP contribution in [0.5, 0.6) is 0 Å². The molecule has 0 spiro atoms. The molecule has 0 aliphatic rings. The van der Waals surface area contributed by atoms with Gasteiger partial charge < -0.3 is 4.74 Å². The Kier molecular flexibility index (Phi) is 17.2. The minimum absolute atomic E-state index is 0.547. The molecule has 152 valence electrons. The molecular weight excluding hydrogens is 336 g/mol. The molecule has 5 heteroatoms. The molecule has 0 radical (unpaired) electrons. The number of ether oxygens (including phenoxy) is 1. The van der Waals surface area contributed by atoms with Crippen LogP contribution < -0.4 is 0 Å². The Labute approximate surface area is 157 Å². The second-order valence-corrected chi connectivity index (χ2v) is 8.71. The van der Waals surface area contributed by atoms with Gasteiger partial charge in [0.1, 0.15) is 0 Å². The van der Waals surface area contributed by atoms with Crippen LogP contribution in [0.2, 0.25) is 0 Å². The van der Waals surface area contributed by atoms with Crippen LogP contribution in [-0.2, 0) is 19.0 Å². The smallest absolute Gasteiger partial charge is 0.266 e. The highest BCUT2D eigenvalue weighted by Gasteiger charge is 2.13. The number of hydrogen-bond acceptors (Lipinski definition) is 4. The van der Waals surface area contributed by atoms with Gasteiger partial charge in [-0.2, -0.15) is 8.42 Å². The molecule has 0 heterocycles. The third kappa shape index (κ3) is 20.0. The van der Waals surface area contributed by atoms with Crippen LogP contribution in [0.25, 0.3) is 0 Å². The Bertz CT molecular complexity index is 368. The van der Waals surface area contributed by atoms with Gasteiger partial charge in [0, 0.05) is 6.61 Å². The van der Waals surface area contributed by atoms with Crippen LogP contribution >= 0.6 is 0 Å². The first-order valence-electron chi connectivity index (χ1n) is 10.5. The fourth-order valence-electron chi connectivity index (χ4n) is 2.92. The molecule has 0 aromatic rings. The fourth-order valence-corrected chi connectivity index (χ4v) is 3.50. The largest absolute Gasteiger partial charge is 0.351 e. The summed E-state index contributed by atoms with van der Waals surface area (Å²) in [5.41, 5.74) is 0. The number of rotatable bonds is 19. The lowest BCUT2D eigenvalue weighted by atomic mass is 10.0. The average molecular weight is 379 g/mol.